The molecule has 0 amide bonds. The standard InChI is InChI=1S/C17H22N2/c1-3-17(9-4-10-18-17)12-14-6-8-16-15(11-14)7-5-13(2)19-16/h5-8,11,18H,3-4,9-10,12H2,1-2H3. The average molecular weight is 254 g/mol. The largest absolute Gasteiger partial charge is 0.311 e. The fraction of sp³-hybridized carbons (Fsp3) is 0.471. The van der Waals surface area contributed by atoms with Gasteiger partial charge < -0.3 is 5.32 Å². The van der Waals surface area contributed by atoms with Crippen LogP contribution in [0.3, 0.4) is 0 Å². The Morgan fingerprint density at radius 1 is 1.26 bits per heavy atom. The fourth-order valence-corrected chi connectivity index (χ4v) is 3.22. The summed E-state index contributed by atoms with van der Waals surface area (Å²) in [5.74, 6) is 0. The summed E-state index contributed by atoms with van der Waals surface area (Å²) >= 11 is 0. The molecule has 100 valence electrons. The van der Waals surface area contributed by atoms with Crippen LogP contribution in [0, 0.1) is 6.92 Å². The van der Waals surface area contributed by atoms with E-state index >= 15 is 0 Å². The van der Waals surface area contributed by atoms with E-state index in [4.69, 9.17) is 0 Å². The molecule has 0 radical (unpaired) electrons. The second-order valence-electron chi connectivity index (χ2n) is 5.82. The van der Waals surface area contributed by atoms with Crippen molar-refractivity contribution in [3.63, 3.8) is 0 Å². The molecule has 19 heavy (non-hydrogen) atoms. The molecule has 1 fully saturated rings. The molecule has 1 unspecified atom stereocenters. The van der Waals surface area contributed by atoms with Crippen molar-refractivity contribution in [2.24, 2.45) is 0 Å². The molecule has 1 N–H and O–H groups in total. The molecule has 1 aromatic heterocycles. The number of nitrogens with one attached hydrogen (secondary N) is 1. The van der Waals surface area contributed by atoms with Crippen molar-refractivity contribution in [1.82, 2.24) is 10.3 Å². The maximum absolute atomic E-state index is 4.57. The van der Waals surface area contributed by atoms with Crippen molar-refractivity contribution >= 4 is 10.9 Å². The lowest BCUT2D eigenvalue weighted by Gasteiger charge is -2.28. The van der Waals surface area contributed by atoms with Crippen molar-refractivity contribution in [2.45, 2.75) is 45.1 Å². The molecule has 2 heteroatoms. The highest BCUT2D eigenvalue weighted by Gasteiger charge is 2.31. The number of aryl methyl sites for hydroxylation is 1. The van der Waals surface area contributed by atoms with Gasteiger partial charge in [0.05, 0.1) is 5.52 Å². The highest BCUT2D eigenvalue weighted by molar-refractivity contribution is 5.79. The number of hydrogen-bond donors (Lipinski definition) is 1. The van der Waals surface area contributed by atoms with Gasteiger partial charge in [-0.25, -0.2) is 0 Å². The number of pyridine rings is 1. The number of nitrogens with zero attached hydrogens (tertiary/aromatic N) is 1. The quantitative estimate of drug-likeness (QED) is 0.905. The van der Waals surface area contributed by atoms with Gasteiger partial charge in [-0.05, 0) is 62.9 Å². The number of benzene rings is 1. The Balaban J connectivity index is 1.91. The average Bonchev–Trinajstić information content (AvgIpc) is 2.88. The van der Waals surface area contributed by atoms with E-state index in [-0.39, 0.29) is 0 Å². The topological polar surface area (TPSA) is 24.9 Å². The van der Waals surface area contributed by atoms with Gasteiger partial charge in [-0.15, -0.1) is 0 Å². The third-order valence-corrected chi connectivity index (χ3v) is 4.44. The van der Waals surface area contributed by atoms with Crippen LogP contribution in [0.1, 0.15) is 37.4 Å². The van der Waals surface area contributed by atoms with Crippen LogP contribution in [0.25, 0.3) is 10.9 Å². The summed E-state index contributed by atoms with van der Waals surface area (Å²) in [6.45, 7) is 5.51. The maximum atomic E-state index is 4.57. The van der Waals surface area contributed by atoms with E-state index in [0.29, 0.717) is 5.54 Å². The van der Waals surface area contributed by atoms with Gasteiger partial charge in [0.1, 0.15) is 0 Å². The van der Waals surface area contributed by atoms with Gasteiger partial charge in [0.25, 0.3) is 0 Å². The summed E-state index contributed by atoms with van der Waals surface area (Å²) in [6.07, 6.45) is 4.94. The number of rotatable bonds is 3. The fourth-order valence-electron chi connectivity index (χ4n) is 3.22. The van der Waals surface area contributed by atoms with Gasteiger partial charge in [0.2, 0.25) is 0 Å². The van der Waals surface area contributed by atoms with Crippen molar-refractivity contribution < 1.29 is 0 Å². The zero-order valence-corrected chi connectivity index (χ0v) is 11.9. The minimum atomic E-state index is 0.325. The van der Waals surface area contributed by atoms with Gasteiger partial charge in [-0.2, -0.15) is 0 Å². The monoisotopic (exact) mass is 254 g/mol. The van der Waals surface area contributed by atoms with Crippen LogP contribution in [0.15, 0.2) is 30.3 Å². The summed E-state index contributed by atoms with van der Waals surface area (Å²) in [7, 11) is 0. The SMILES string of the molecule is CCC1(Cc2ccc3nc(C)ccc3c2)CCCN1. The Bertz CT molecular complexity index is 583. The Kier molecular flexibility index (Phi) is 3.28. The summed E-state index contributed by atoms with van der Waals surface area (Å²) in [6, 6.07) is 11.0. The van der Waals surface area contributed by atoms with Crippen molar-refractivity contribution in [3.05, 3.63) is 41.6 Å². The van der Waals surface area contributed by atoms with Crippen molar-refractivity contribution in [3.8, 4) is 0 Å². The molecule has 1 saturated heterocycles. The van der Waals surface area contributed by atoms with E-state index in [1.807, 2.05) is 6.92 Å². The van der Waals surface area contributed by atoms with Crippen molar-refractivity contribution in [2.75, 3.05) is 6.54 Å². The van der Waals surface area contributed by atoms with Gasteiger partial charge in [-0.3, -0.25) is 4.98 Å². The van der Waals surface area contributed by atoms with Crippen LogP contribution in [0.4, 0.5) is 0 Å². The molecule has 0 bridgehead atoms. The van der Waals surface area contributed by atoms with E-state index in [9.17, 15) is 0 Å². The molecule has 1 aliphatic rings. The minimum absolute atomic E-state index is 0.325. The lowest BCUT2D eigenvalue weighted by molar-refractivity contribution is 0.360. The van der Waals surface area contributed by atoms with E-state index in [2.05, 4.69) is 47.6 Å². The Labute approximate surface area is 115 Å². The molecule has 1 aliphatic heterocycles. The van der Waals surface area contributed by atoms with Gasteiger partial charge in [-0.1, -0.05) is 19.1 Å². The molecule has 0 saturated carbocycles. The second-order valence-corrected chi connectivity index (χ2v) is 5.82. The van der Waals surface area contributed by atoms with Gasteiger partial charge in [0, 0.05) is 16.6 Å². The van der Waals surface area contributed by atoms with Gasteiger partial charge in [0.15, 0.2) is 0 Å². The van der Waals surface area contributed by atoms with Crippen LogP contribution in [-0.2, 0) is 6.42 Å². The first kappa shape index (κ1) is 12.6. The zero-order valence-electron chi connectivity index (χ0n) is 11.9. The first-order chi connectivity index (χ1) is 9.21. The number of fused-ring (bicyclic) bond motifs is 1. The molecule has 0 aliphatic carbocycles. The molecule has 2 nitrogen and oxygen atoms in total. The number of hydrogen-bond acceptors (Lipinski definition) is 2. The highest BCUT2D eigenvalue weighted by atomic mass is 15.0. The summed E-state index contributed by atoms with van der Waals surface area (Å²) in [5.41, 5.74) is 3.94. The predicted octanol–water partition coefficient (Wildman–Crippen LogP) is 3.62. The van der Waals surface area contributed by atoms with E-state index < -0.39 is 0 Å². The van der Waals surface area contributed by atoms with Crippen LogP contribution >= 0.6 is 0 Å². The number of aromatic nitrogens is 1. The molecular formula is C17H22N2. The summed E-state index contributed by atoms with van der Waals surface area (Å²) in [5, 5.41) is 4.97. The Morgan fingerprint density at radius 3 is 2.89 bits per heavy atom. The molecule has 1 aromatic carbocycles. The third-order valence-electron chi connectivity index (χ3n) is 4.44. The molecule has 3 rings (SSSR count). The van der Waals surface area contributed by atoms with E-state index in [1.54, 1.807) is 0 Å². The molecular weight excluding hydrogens is 232 g/mol. The highest BCUT2D eigenvalue weighted by Crippen LogP contribution is 2.28. The Morgan fingerprint density at radius 2 is 2.16 bits per heavy atom. The normalized spacial score (nSPS) is 23.1. The van der Waals surface area contributed by atoms with E-state index in [0.717, 1.165) is 17.6 Å². The molecule has 2 heterocycles. The first-order valence-electron chi connectivity index (χ1n) is 7.32. The van der Waals surface area contributed by atoms with Crippen LogP contribution in [-0.4, -0.2) is 17.1 Å². The zero-order chi connectivity index (χ0) is 13.3. The predicted molar refractivity (Wildman–Crippen MR) is 80.4 cm³/mol. The smallest absolute Gasteiger partial charge is 0.0705 e. The lowest BCUT2D eigenvalue weighted by Crippen LogP contribution is -2.41. The molecule has 1 atom stereocenters. The maximum Gasteiger partial charge on any atom is 0.0705 e. The summed E-state index contributed by atoms with van der Waals surface area (Å²) < 4.78 is 0. The van der Waals surface area contributed by atoms with E-state index in [1.165, 1.54) is 36.8 Å². The molecule has 2 aromatic rings. The van der Waals surface area contributed by atoms with Crippen molar-refractivity contribution in [1.29, 1.82) is 0 Å². The van der Waals surface area contributed by atoms with Crippen LogP contribution in [0.5, 0.6) is 0 Å². The first-order valence-corrected chi connectivity index (χ1v) is 7.32. The minimum Gasteiger partial charge on any atom is -0.311 e. The third kappa shape index (κ3) is 2.50. The van der Waals surface area contributed by atoms with Crippen LogP contribution in [0.2, 0.25) is 0 Å². The van der Waals surface area contributed by atoms with Crippen LogP contribution < -0.4 is 5.32 Å². The summed E-state index contributed by atoms with van der Waals surface area (Å²) in [4.78, 5) is 4.57. The second kappa shape index (κ2) is 4.93. The molecule has 0 spiro atoms. The Hall–Kier alpha value is -1.41. The van der Waals surface area contributed by atoms with Gasteiger partial charge >= 0.3 is 0 Å². The lowest BCUT2D eigenvalue weighted by atomic mass is 9.86.